The fourth-order valence-corrected chi connectivity index (χ4v) is 2.65. The molecule has 0 bridgehead atoms. The molecule has 2 rings (SSSR count). The number of furan rings is 1. The molecule has 0 fully saturated rings. The van der Waals surface area contributed by atoms with Crippen LogP contribution in [0.2, 0.25) is 0 Å². The van der Waals surface area contributed by atoms with Gasteiger partial charge in [-0.2, -0.15) is 0 Å². The number of thiophene rings is 1. The third kappa shape index (κ3) is 3.70. The van der Waals surface area contributed by atoms with Gasteiger partial charge in [-0.05, 0) is 37.2 Å². The van der Waals surface area contributed by atoms with Crippen LogP contribution >= 0.6 is 11.3 Å². The molecule has 2 heterocycles. The Bertz CT molecular complexity index is 450. The first kappa shape index (κ1) is 13.3. The lowest BCUT2D eigenvalue weighted by molar-refractivity contribution is 0.246. The Morgan fingerprint density at radius 2 is 2.06 bits per heavy atom. The molecule has 0 aliphatic rings. The molecule has 0 atom stereocenters. The van der Waals surface area contributed by atoms with Crippen molar-refractivity contribution in [2.24, 2.45) is 0 Å². The van der Waals surface area contributed by atoms with Gasteiger partial charge in [0.2, 0.25) is 0 Å². The minimum Gasteiger partial charge on any atom is -0.463 e. The van der Waals surface area contributed by atoms with E-state index in [1.165, 1.54) is 4.88 Å². The number of nitrogens with zero attached hydrogens (tertiary/aromatic N) is 1. The molecule has 98 valence electrons. The van der Waals surface area contributed by atoms with Gasteiger partial charge in [-0.3, -0.25) is 4.90 Å². The molecule has 2 aromatic heterocycles. The molecular formula is C14H20N2OS. The summed E-state index contributed by atoms with van der Waals surface area (Å²) in [5, 5.41) is 5.22. The predicted molar refractivity (Wildman–Crippen MR) is 75.6 cm³/mol. The zero-order valence-electron chi connectivity index (χ0n) is 11.0. The zero-order chi connectivity index (χ0) is 12.8. The van der Waals surface area contributed by atoms with E-state index in [0.29, 0.717) is 0 Å². The van der Waals surface area contributed by atoms with E-state index in [4.69, 9.17) is 4.42 Å². The zero-order valence-corrected chi connectivity index (χ0v) is 11.8. The summed E-state index contributed by atoms with van der Waals surface area (Å²) in [5.74, 6) is 2.04. The third-order valence-electron chi connectivity index (χ3n) is 2.85. The average molecular weight is 264 g/mol. The smallest absolute Gasteiger partial charge is 0.118 e. The second-order valence-electron chi connectivity index (χ2n) is 4.28. The topological polar surface area (TPSA) is 28.4 Å². The second kappa shape index (κ2) is 6.73. The maximum absolute atomic E-state index is 5.77. The van der Waals surface area contributed by atoms with E-state index < -0.39 is 0 Å². The van der Waals surface area contributed by atoms with Crippen molar-refractivity contribution in [1.82, 2.24) is 10.2 Å². The standard InChI is InChI=1S/C14H20N2OS/c1-3-16(11-14-5-4-8-18-14)10-13-7-6-12(17-13)9-15-2/h4-8,15H,3,9-11H2,1-2H3. The van der Waals surface area contributed by atoms with Gasteiger partial charge in [-0.15, -0.1) is 11.3 Å². The largest absolute Gasteiger partial charge is 0.463 e. The van der Waals surface area contributed by atoms with Crippen LogP contribution in [-0.2, 0) is 19.6 Å². The number of rotatable bonds is 7. The van der Waals surface area contributed by atoms with E-state index in [0.717, 1.165) is 37.7 Å². The summed E-state index contributed by atoms with van der Waals surface area (Å²) in [4.78, 5) is 3.78. The maximum atomic E-state index is 5.77. The number of hydrogen-bond acceptors (Lipinski definition) is 4. The van der Waals surface area contributed by atoms with E-state index in [2.05, 4.69) is 40.7 Å². The molecule has 0 aliphatic carbocycles. The maximum Gasteiger partial charge on any atom is 0.118 e. The lowest BCUT2D eigenvalue weighted by atomic mass is 10.3. The number of nitrogens with one attached hydrogen (secondary N) is 1. The molecule has 0 spiro atoms. The molecule has 4 heteroatoms. The van der Waals surface area contributed by atoms with Gasteiger partial charge in [0.15, 0.2) is 0 Å². The monoisotopic (exact) mass is 264 g/mol. The molecule has 18 heavy (non-hydrogen) atoms. The Balaban J connectivity index is 1.92. The van der Waals surface area contributed by atoms with Gasteiger partial charge in [0, 0.05) is 11.4 Å². The van der Waals surface area contributed by atoms with Crippen LogP contribution in [0.1, 0.15) is 23.3 Å². The normalized spacial score (nSPS) is 11.3. The third-order valence-corrected chi connectivity index (χ3v) is 3.72. The summed E-state index contributed by atoms with van der Waals surface area (Å²) in [5.41, 5.74) is 0. The van der Waals surface area contributed by atoms with Gasteiger partial charge in [0.25, 0.3) is 0 Å². The van der Waals surface area contributed by atoms with Gasteiger partial charge in [-0.1, -0.05) is 13.0 Å². The summed E-state index contributed by atoms with van der Waals surface area (Å²) >= 11 is 1.81. The van der Waals surface area contributed by atoms with Crippen molar-refractivity contribution in [3.8, 4) is 0 Å². The average Bonchev–Trinajstić information content (AvgIpc) is 3.01. The summed E-state index contributed by atoms with van der Waals surface area (Å²) < 4.78 is 5.77. The van der Waals surface area contributed by atoms with Gasteiger partial charge in [-0.25, -0.2) is 0 Å². The molecular weight excluding hydrogens is 244 g/mol. The van der Waals surface area contributed by atoms with Crippen molar-refractivity contribution in [3.63, 3.8) is 0 Å². The minimum atomic E-state index is 0.789. The fourth-order valence-electron chi connectivity index (χ4n) is 1.90. The van der Waals surface area contributed by atoms with Gasteiger partial charge < -0.3 is 9.73 Å². The molecule has 0 aromatic carbocycles. The molecule has 2 aromatic rings. The van der Waals surface area contributed by atoms with Gasteiger partial charge in [0.1, 0.15) is 11.5 Å². The van der Waals surface area contributed by atoms with Crippen LogP contribution in [0.5, 0.6) is 0 Å². The lowest BCUT2D eigenvalue weighted by Crippen LogP contribution is -2.21. The Morgan fingerprint density at radius 3 is 2.72 bits per heavy atom. The van der Waals surface area contributed by atoms with E-state index in [1.54, 1.807) is 0 Å². The quantitative estimate of drug-likeness (QED) is 0.833. The van der Waals surface area contributed by atoms with E-state index in [1.807, 2.05) is 24.5 Å². The molecule has 1 N–H and O–H groups in total. The van der Waals surface area contributed by atoms with Crippen LogP contribution in [0.25, 0.3) is 0 Å². The molecule has 0 amide bonds. The first-order valence-corrected chi connectivity index (χ1v) is 7.16. The van der Waals surface area contributed by atoms with Crippen molar-refractivity contribution in [2.45, 2.75) is 26.6 Å². The van der Waals surface area contributed by atoms with Crippen LogP contribution < -0.4 is 5.32 Å². The highest BCUT2D eigenvalue weighted by Crippen LogP contribution is 2.15. The fraction of sp³-hybridized carbons (Fsp3) is 0.429. The summed E-state index contributed by atoms with van der Waals surface area (Å²) in [6, 6.07) is 8.40. The highest BCUT2D eigenvalue weighted by Gasteiger charge is 2.08. The highest BCUT2D eigenvalue weighted by atomic mass is 32.1. The van der Waals surface area contributed by atoms with Gasteiger partial charge in [0.05, 0.1) is 13.1 Å². The lowest BCUT2D eigenvalue weighted by Gasteiger charge is -2.17. The van der Waals surface area contributed by atoms with Crippen molar-refractivity contribution >= 4 is 11.3 Å². The summed E-state index contributed by atoms with van der Waals surface area (Å²) in [7, 11) is 1.93. The minimum absolute atomic E-state index is 0.789. The predicted octanol–water partition coefficient (Wildman–Crippen LogP) is 3.08. The van der Waals surface area contributed by atoms with Crippen molar-refractivity contribution in [2.75, 3.05) is 13.6 Å². The van der Waals surface area contributed by atoms with Gasteiger partial charge >= 0.3 is 0 Å². The first-order chi connectivity index (χ1) is 8.81. The SMILES string of the molecule is CCN(Cc1ccc(CNC)o1)Cc1cccs1. The Hall–Kier alpha value is -1.10. The van der Waals surface area contributed by atoms with Crippen LogP contribution in [-0.4, -0.2) is 18.5 Å². The highest BCUT2D eigenvalue weighted by molar-refractivity contribution is 7.09. The van der Waals surface area contributed by atoms with Crippen molar-refractivity contribution in [1.29, 1.82) is 0 Å². The van der Waals surface area contributed by atoms with Crippen LogP contribution in [0.3, 0.4) is 0 Å². The Morgan fingerprint density at radius 1 is 1.22 bits per heavy atom. The number of hydrogen-bond donors (Lipinski definition) is 1. The summed E-state index contributed by atoms with van der Waals surface area (Å²) in [6.45, 7) is 5.87. The Labute approximate surface area is 112 Å². The molecule has 0 saturated heterocycles. The molecule has 0 unspecified atom stereocenters. The first-order valence-electron chi connectivity index (χ1n) is 6.28. The van der Waals surface area contributed by atoms with E-state index >= 15 is 0 Å². The van der Waals surface area contributed by atoms with E-state index in [9.17, 15) is 0 Å². The van der Waals surface area contributed by atoms with Crippen LogP contribution in [0.4, 0.5) is 0 Å². The molecule has 3 nitrogen and oxygen atoms in total. The van der Waals surface area contributed by atoms with Crippen molar-refractivity contribution < 1.29 is 4.42 Å². The van der Waals surface area contributed by atoms with Crippen LogP contribution in [0, 0.1) is 0 Å². The second-order valence-corrected chi connectivity index (χ2v) is 5.31. The molecule has 0 aliphatic heterocycles. The molecule has 0 radical (unpaired) electrons. The molecule has 0 saturated carbocycles. The van der Waals surface area contributed by atoms with Crippen LogP contribution in [0.15, 0.2) is 34.1 Å². The van der Waals surface area contributed by atoms with Crippen molar-refractivity contribution in [3.05, 3.63) is 46.0 Å². The van der Waals surface area contributed by atoms with E-state index in [-0.39, 0.29) is 0 Å². The Kier molecular flexibility index (Phi) is 4.99. The summed E-state index contributed by atoms with van der Waals surface area (Å²) in [6.07, 6.45) is 0.